The molecule has 1 aliphatic carbocycles. The second-order valence-electron chi connectivity index (χ2n) is 3.73. The van der Waals surface area contributed by atoms with Crippen molar-refractivity contribution in [3.05, 3.63) is 22.7 Å². The van der Waals surface area contributed by atoms with Crippen LogP contribution in [0.1, 0.15) is 13.3 Å². The van der Waals surface area contributed by atoms with Gasteiger partial charge in [-0.1, -0.05) is 18.4 Å². The van der Waals surface area contributed by atoms with Gasteiger partial charge in [0.15, 0.2) is 0 Å². The van der Waals surface area contributed by atoms with Crippen molar-refractivity contribution in [1.82, 2.24) is 0 Å². The minimum Gasteiger partial charge on any atom is -0.380 e. The summed E-state index contributed by atoms with van der Waals surface area (Å²) in [6.07, 6.45) is 3.50. The van der Waals surface area contributed by atoms with Crippen molar-refractivity contribution >= 4 is 7.28 Å². The maximum absolute atomic E-state index is 5.42. The van der Waals surface area contributed by atoms with E-state index in [2.05, 4.69) is 19.8 Å². The van der Waals surface area contributed by atoms with Crippen molar-refractivity contribution < 1.29 is 9.47 Å². The number of hydrogen-bond donors (Lipinski definition) is 0. The Hall–Kier alpha value is -0.535. The van der Waals surface area contributed by atoms with Gasteiger partial charge >= 0.3 is 0 Å². The Balaban J connectivity index is 2.84. The molecule has 0 aromatic rings. The summed E-state index contributed by atoms with van der Waals surface area (Å²) in [5, 5.41) is 0. The average Bonchev–Trinajstić information content (AvgIpc) is 2.19. The summed E-state index contributed by atoms with van der Waals surface area (Å²) >= 11 is 0. The van der Waals surface area contributed by atoms with Crippen molar-refractivity contribution in [3.63, 3.8) is 0 Å². The van der Waals surface area contributed by atoms with E-state index in [0.717, 1.165) is 20.3 Å². The maximum Gasteiger partial charge on any atom is 0.149 e. The largest absolute Gasteiger partial charge is 0.380 e. The lowest BCUT2D eigenvalue weighted by Gasteiger charge is -2.24. The summed E-state index contributed by atoms with van der Waals surface area (Å²) in [6, 6.07) is 0. The van der Waals surface area contributed by atoms with Gasteiger partial charge in [0, 0.05) is 14.2 Å². The van der Waals surface area contributed by atoms with Crippen LogP contribution in [0, 0.1) is 0 Å². The molecule has 3 heteroatoms. The molecular formula is C11H19BO2. The molecule has 1 rings (SSSR count). The Bertz CT molecular complexity index is 256. The first kappa shape index (κ1) is 11.5. The molecule has 0 radical (unpaired) electrons. The minimum atomic E-state index is 0.269. The van der Waals surface area contributed by atoms with Crippen LogP contribution in [0.5, 0.6) is 0 Å². The molecule has 0 bridgehead atoms. The monoisotopic (exact) mass is 194 g/mol. The average molecular weight is 194 g/mol. The predicted molar refractivity (Wildman–Crippen MR) is 61.1 cm³/mol. The fourth-order valence-electron chi connectivity index (χ4n) is 1.93. The molecular weight excluding hydrogens is 175 g/mol. The zero-order chi connectivity index (χ0) is 10.6. The topological polar surface area (TPSA) is 18.5 Å². The SMILES string of the molecule is CBC1=C(COC)C=C(C)C(OC)C1. The Morgan fingerprint density at radius 1 is 1.50 bits per heavy atom. The first-order valence-electron chi connectivity index (χ1n) is 5.13. The second-order valence-corrected chi connectivity index (χ2v) is 3.73. The Kier molecular flexibility index (Phi) is 4.43. The smallest absolute Gasteiger partial charge is 0.149 e. The van der Waals surface area contributed by atoms with E-state index in [1.165, 1.54) is 16.6 Å². The summed E-state index contributed by atoms with van der Waals surface area (Å²) in [5.41, 5.74) is 4.10. The molecule has 0 N–H and O–H groups in total. The third-order valence-corrected chi connectivity index (χ3v) is 2.81. The zero-order valence-corrected chi connectivity index (χ0v) is 9.59. The Morgan fingerprint density at radius 2 is 2.21 bits per heavy atom. The van der Waals surface area contributed by atoms with Crippen LogP contribution in [-0.2, 0) is 9.47 Å². The van der Waals surface area contributed by atoms with E-state index in [-0.39, 0.29) is 6.10 Å². The van der Waals surface area contributed by atoms with Gasteiger partial charge in [-0.3, -0.25) is 0 Å². The minimum absolute atomic E-state index is 0.269. The van der Waals surface area contributed by atoms with E-state index < -0.39 is 0 Å². The van der Waals surface area contributed by atoms with E-state index in [1.807, 2.05) is 0 Å². The van der Waals surface area contributed by atoms with Gasteiger partial charge in [-0.25, -0.2) is 0 Å². The van der Waals surface area contributed by atoms with Crippen LogP contribution < -0.4 is 0 Å². The van der Waals surface area contributed by atoms with Gasteiger partial charge in [-0.05, 0) is 24.5 Å². The van der Waals surface area contributed by atoms with Crippen molar-refractivity contribution in [2.75, 3.05) is 20.8 Å². The summed E-state index contributed by atoms with van der Waals surface area (Å²) in [7, 11) is 4.60. The van der Waals surface area contributed by atoms with Gasteiger partial charge in [0.2, 0.25) is 0 Å². The van der Waals surface area contributed by atoms with Gasteiger partial charge < -0.3 is 9.47 Å². The molecule has 0 amide bonds. The molecule has 14 heavy (non-hydrogen) atoms. The molecule has 1 aliphatic rings. The summed E-state index contributed by atoms with van der Waals surface area (Å²) in [6.45, 7) is 5.03. The highest BCUT2D eigenvalue weighted by atomic mass is 16.5. The molecule has 0 heterocycles. The normalized spacial score (nSPS) is 22.3. The van der Waals surface area contributed by atoms with E-state index in [1.54, 1.807) is 14.2 Å². The highest BCUT2D eigenvalue weighted by Crippen LogP contribution is 2.25. The lowest BCUT2D eigenvalue weighted by Crippen LogP contribution is -2.20. The molecule has 1 atom stereocenters. The molecule has 0 saturated carbocycles. The number of hydrogen-bond acceptors (Lipinski definition) is 2. The maximum atomic E-state index is 5.42. The number of rotatable bonds is 4. The highest BCUT2D eigenvalue weighted by molar-refractivity contribution is 6.44. The van der Waals surface area contributed by atoms with E-state index in [0.29, 0.717) is 0 Å². The van der Waals surface area contributed by atoms with Crippen molar-refractivity contribution in [2.45, 2.75) is 26.3 Å². The van der Waals surface area contributed by atoms with Crippen molar-refractivity contribution in [3.8, 4) is 0 Å². The summed E-state index contributed by atoms with van der Waals surface area (Å²) < 4.78 is 10.6. The van der Waals surface area contributed by atoms with Crippen LogP contribution in [0.25, 0.3) is 0 Å². The van der Waals surface area contributed by atoms with E-state index in [9.17, 15) is 0 Å². The van der Waals surface area contributed by atoms with Crippen LogP contribution in [0.4, 0.5) is 0 Å². The number of ether oxygens (including phenoxy) is 2. The fraction of sp³-hybridized carbons (Fsp3) is 0.636. The van der Waals surface area contributed by atoms with Gasteiger partial charge in [0.05, 0.1) is 12.7 Å². The summed E-state index contributed by atoms with van der Waals surface area (Å²) in [4.78, 5) is 0. The summed E-state index contributed by atoms with van der Waals surface area (Å²) in [5.74, 6) is 0. The Morgan fingerprint density at radius 3 is 2.71 bits per heavy atom. The lowest BCUT2D eigenvalue weighted by atomic mass is 9.65. The predicted octanol–water partition coefficient (Wildman–Crippen LogP) is 1.74. The highest BCUT2D eigenvalue weighted by Gasteiger charge is 2.19. The number of methoxy groups -OCH3 is 2. The van der Waals surface area contributed by atoms with Crippen molar-refractivity contribution in [2.24, 2.45) is 0 Å². The molecule has 0 saturated heterocycles. The molecule has 0 aliphatic heterocycles. The van der Waals surface area contributed by atoms with E-state index in [4.69, 9.17) is 9.47 Å². The lowest BCUT2D eigenvalue weighted by molar-refractivity contribution is 0.130. The van der Waals surface area contributed by atoms with Gasteiger partial charge in [-0.15, -0.1) is 0 Å². The molecule has 0 spiro atoms. The Labute approximate surface area is 87.2 Å². The third-order valence-electron chi connectivity index (χ3n) is 2.81. The zero-order valence-electron chi connectivity index (χ0n) is 9.59. The van der Waals surface area contributed by atoms with Crippen LogP contribution in [0.3, 0.4) is 0 Å². The van der Waals surface area contributed by atoms with Gasteiger partial charge in [0.1, 0.15) is 7.28 Å². The first-order chi connectivity index (χ1) is 6.72. The second kappa shape index (κ2) is 5.37. The third kappa shape index (κ3) is 2.49. The molecule has 78 valence electrons. The van der Waals surface area contributed by atoms with Gasteiger partial charge in [-0.2, -0.15) is 0 Å². The van der Waals surface area contributed by atoms with Gasteiger partial charge in [0.25, 0.3) is 0 Å². The van der Waals surface area contributed by atoms with Crippen LogP contribution in [0.15, 0.2) is 22.7 Å². The first-order valence-corrected chi connectivity index (χ1v) is 5.13. The van der Waals surface area contributed by atoms with Crippen LogP contribution in [0.2, 0.25) is 6.82 Å². The van der Waals surface area contributed by atoms with Crippen LogP contribution in [-0.4, -0.2) is 34.2 Å². The molecule has 0 aromatic heterocycles. The van der Waals surface area contributed by atoms with Crippen LogP contribution >= 0.6 is 0 Å². The quantitative estimate of drug-likeness (QED) is 0.634. The molecule has 2 nitrogen and oxygen atoms in total. The van der Waals surface area contributed by atoms with E-state index >= 15 is 0 Å². The molecule has 0 aromatic carbocycles. The fourth-order valence-corrected chi connectivity index (χ4v) is 1.93. The standard InChI is InChI=1S/C11H19BO2/c1-8-5-9(7-13-3)10(12-2)6-11(8)14-4/h5,11-12H,6-7H2,1-4H3. The molecule has 1 unspecified atom stereocenters. The molecule has 0 fully saturated rings. The van der Waals surface area contributed by atoms with Crippen molar-refractivity contribution in [1.29, 1.82) is 0 Å².